The normalized spacial score (nSPS) is 18.5. The van der Waals surface area contributed by atoms with Crippen LogP contribution < -0.4 is 15.1 Å². The number of Topliss-reactive ketones (excluding diaryl/α,β-unsaturated/α-hetero) is 1. The van der Waals surface area contributed by atoms with Crippen LogP contribution in [0.15, 0.2) is 84.9 Å². The average Bonchev–Trinajstić information content (AvgIpc) is 3.31. The maximum Gasteiger partial charge on any atom is 0.299 e. The van der Waals surface area contributed by atoms with Crippen molar-refractivity contribution in [2.24, 2.45) is 5.92 Å². The number of para-hydroxylation sites is 1. The van der Waals surface area contributed by atoms with Crippen LogP contribution in [0.1, 0.15) is 40.7 Å². The Morgan fingerprint density at radius 1 is 0.956 bits per heavy atom. The predicted molar refractivity (Wildman–Crippen MR) is 173 cm³/mol. The highest BCUT2D eigenvalue weighted by atomic mass is 16.5. The molecule has 0 bridgehead atoms. The number of amides is 3. The molecular weight excluding hydrogens is 568 g/mol. The second-order valence-corrected chi connectivity index (χ2v) is 11.9. The molecule has 2 heterocycles. The van der Waals surface area contributed by atoms with Gasteiger partial charge in [0.15, 0.2) is 0 Å². The van der Waals surface area contributed by atoms with E-state index < -0.39 is 23.6 Å². The first kappa shape index (κ1) is 30.3. The van der Waals surface area contributed by atoms with Crippen LogP contribution in [0.2, 0.25) is 0 Å². The molecule has 45 heavy (non-hydrogen) atoms. The van der Waals surface area contributed by atoms with E-state index >= 15 is 0 Å². The number of ether oxygens (including phenoxy) is 1. The molecule has 2 unspecified atom stereocenters. The molecule has 0 saturated carbocycles. The monoisotopic (exact) mass is 606 g/mol. The summed E-state index contributed by atoms with van der Waals surface area (Å²) in [4.78, 5) is 59.4. The van der Waals surface area contributed by atoms with E-state index in [1.54, 1.807) is 29.2 Å². The number of benzene rings is 3. The number of carbonyl (C=O) groups is 4. The van der Waals surface area contributed by atoms with Crippen LogP contribution in [0.25, 0.3) is 0 Å². The summed E-state index contributed by atoms with van der Waals surface area (Å²) in [6.45, 7) is 4.84. The molecular formula is C36H38N4O5. The lowest BCUT2D eigenvalue weighted by Gasteiger charge is -2.37. The fourth-order valence-corrected chi connectivity index (χ4v) is 6.37. The maximum atomic E-state index is 14.3. The molecule has 0 spiro atoms. The fourth-order valence-electron chi connectivity index (χ4n) is 6.37. The Hall–Kier alpha value is -4.76. The first-order chi connectivity index (χ1) is 21.9. The summed E-state index contributed by atoms with van der Waals surface area (Å²) in [7, 11) is 0. The molecule has 6 rings (SSSR count). The van der Waals surface area contributed by atoms with Crippen LogP contribution >= 0.6 is 0 Å². The van der Waals surface area contributed by atoms with Crippen molar-refractivity contribution in [1.29, 1.82) is 0 Å². The number of fused-ring (bicyclic) bond motifs is 1. The van der Waals surface area contributed by atoms with Gasteiger partial charge >= 0.3 is 0 Å². The quantitative estimate of drug-likeness (QED) is 0.279. The van der Waals surface area contributed by atoms with Crippen molar-refractivity contribution in [2.45, 2.75) is 38.8 Å². The molecule has 1 N–H and O–H groups in total. The molecule has 232 valence electrons. The average molecular weight is 607 g/mol. The highest BCUT2D eigenvalue weighted by Crippen LogP contribution is 2.31. The standard InChI is InChI=1S/C36H38N4O5/c1-25-11-13-26(14-12-25)23-40(32(41)24-39-31-10-6-5-9-30(31)34(42)36(39)44)33(27-7-3-2-4-8-27)35(43)37-28-15-17-29(18-16-28)38-19-21-45-22-20-38/h2-3,5-6,9-18,27,33H,4,7-8,19-24H2,1H3,(H,37,43). The number of morpholine rings is 1. The van der Waals surface area contributed by atoms with E-state index in [-0.39, 0.29) is 30.5 Å². The number of anilines is 3. The third-order valence-corrected chi connectivity index (χ3v) is 8.84. The number of hydrogen-bond donors (Lipinski definition) is 1. The largest absolute Gasteiger partial charge is 0.378 e. The van der Waals surface area contributed by atoms with E-state index in [9.17, 15) is 19.2 Å². The van der Waals surface area contributed by atoms with Gasteiger partial charge in [-0.15, -0.1) is 0 Å². The van der Waals surface area contributed by atoms with E-state index in [2.05, 4.69) is 22.4 Å². The minimum Gasteiger partial charge on any atom is -0.378 e. The summed E-state index contributed by atoms with van der Waals surface area (Å²) in [6, 6.07) is 21.5. The van der Waals surface area contributed by atoms with Crippen molar-refractivity contribution in [3.8, 4) is 0 Å². The summed E-state index contributed by atoms with van der Waals surface area (Å²) in [5.74, 6) is -2.16. The number of allylic oxidation sites excluding steroid dienone is 2. The molecule has 0 aromatic heterocycles. The van der Waals surface area contributed by atoms with Gasteiger partial charge in [0.1, 0.15) is 12.6 Å². The molecule has 1 saturated heterocycles. The summed E-state index contributed by atoms with van der Waals surface area (Å²) in [5.41, 5.74) is 4.36. The second kappa shape index (κ2) is 13.5. The molecule has 3 aliphatic rings. The third kappa shape index (κ3) is 6.68. The third-order valence-electron chi connectivity index (χ3n) is 8.84. The number of rotatable bonds is 9. The van der Waals surface area contributed by atoms with Crippen molar-refractivity contribution < 1.29 is 23.9 Å². The number of hydrogen-bond acceptors (Lipinski definition) is 6. The van der Waals surface area contributed by atoms with E-state index in [1.165, 1.54) is 4.90 Å². The highest BCUT2D eigenvalue weighted by Gasteiger charge is 2.41. The van der Waals surface area contributed by atoms with Gasteiger partial charge in [0.2, 0.25) is 11.8 Å². The van der Waals surface area contributed by atoms with E-state index in [4.69, 9.17) is 4.74 Å². The Morgan fingerprint density at radius 2 is 1.69 bits per heavy atom. The van der Waals surface area contributed by atoms with E-state index in [0.29, 0.717) is 31.0 Å². The number of carbonyl (C=O) groups excluding carboxylic acids is 4. The summed E-state index contributed by atoms with van der Waals surface area (Å²) >= 11 is 0. The fraction of sp³-hybridized carbons (Fsp3) is 0.333. The zero-order valence-electron chi connectivity index (χ0n) is 25.5. The lowest BCUT2D eigenvalue weighted by atomic mass is 9.85. The summed E-state index contributed by atoms with van der Waals surface area (Å²) in [5, 5.41) is 3.09. The molecule has 1 aliphatic carbocycles. The van der Waals surface area contributed by atoms with E-state index in [0.717, 1.165) is 42.7 Å². The van der Waals surface area contributed by atoms with Crippen LogP contribution in [0.5, 0.6) is 0 Å². The minimum atomic E-state index is -0.800. The van der Waals surface area contributed by atoms with Crippen LogP contribution in [0, 0.1) is 12.8 Å². The van der Waals surface area contributed by atoms with Crippen LogP contribution in [-0.2, 0) is 25.7 Å². The molecule has 3 amide bonds. The Morgan fingerprint density at radius 3 is 2.40 bits per heavy atom. The molecule has 9 heteroatoms. The van der Waals surface area contributed by atoms with Crippen molar-refractivity contribution >= 4 is 40.6 Å². The molecule has 3 aromatic carbocycles. The van der Waals surface area contributed by atoms with Gasteiger partial charge in [0.05, 0.1) is 24.5 Å². The van der Waals surface area contributed by atoms with Gasteiger partial charge in [-0.1, -0.05) is 54.1 Å². The van der Waals surface area contributed by atoms with Crippen molar-refractivity contribution in [3.63, 3.8) is 0 Å². The first-order valence-corrected chi connectivity index (χ1v) is 15.6. The molecule has 2 aliphatic heterocycles. The van der Waals surface area contributed by atoms with Gasteiger partial charge < -0.3 is 19.9 Å². The summed E-state index contributed by atoms with van der Waals surface area (Å²) in [6.07, 6.45) is 6.37. The predicted octanol–water partition coefficient (Wildman–Crippen LogP) is 4.75. The molecule has 2 atom stereocenters. The Kier molecular flexibility index (Phi) is 9.07. The summed E-state index contributed by atoms with van der Waals surface area (Å²) < 4.78 is 5.47. The zero-order valence-corrected chi connectivity index (χ0v) is 25.5. The van der Waals surface area contributed by atoms with Crippen molar-refractivity contribution in [2.75, 3.05) is 48.0 Å². The zero-order chi connectivity index (χ0) is 31.3. The van der Waals surface area contributed by atoms with Crippen molar-refractivity contribution in [3.05, 3.63) is 102 Å². The van der Waals surface area contributed by atoms with Crippen molar-refractivity contribution in [1.82, 2.24) is 4.90 Å². The minimum absolute atomic E-state index is 0.125. The lowest BCUT2D eigenvalue weighted by molar-refractivity contribution is -0.140. The van der Waals surface area contributed by atoms with Gasteiger partial charge in [-0.05, 0) is 74.1 Å². The Bertz CT molecular complexity index is 1590. The number of nitrogens with one attached hydrogen (secondary N) is 1. The lowest BCUT2D eigenvalue weighted by Crippen LogP contribution is -2.54. The Balaban J connectivity index is 1.30. The number of nitrogens with zero attached hydrogens (tertiary/aromatic N) is 3. The highest BCUT2D eigenvalue weighted by molar-refractivity contribution is 6.52. The van der Waals surface area contributed by atoms with Crippen LogP contribution in [0.3, 0.4) is 0 Å². The second-order valence-electron chi connectivity index (χ2n) is 11.9. The Labute approximate surface area is 263 Å². The van der Waals surface area contributed by atoms with Crippen LogP contribution in [0.4, 0.5) is 17.1 Å². The van der Waals surface area contributed by atoms with E-state index in [1.807, 2.05) is 55.5 Å². The molecule has 9 nitrogen and oxygen atoms in total. The van der Waals surface area contributed by atoms with Crippen LogP contribution in [-0.4, -0.2) is 67.3 Å². The van der Waals surface area contributed by atoms with Gasteiger partial charge in [-0.25, -0.2) is 0 Å². The molecule has 3 aromatic rings. The van der Waals surface area contributed by atoms with Gasteiger partial charge in [0.25, 0.3) is 11.7 Å². The molecule has 1 fully saturated rings. The molecule has 0 radical (unpaired) electrons. The smallest absolute Gasteiger partial charge is 0.299 e. The number of ketones is 1. The van der Waals surface area contributed by atoms with Gasteiger partial charge in [0, 0.05) is 31.0 Å². The SMILES string of the molecule is Cc1ccc(CN(C(=O)CN2C(=O)C(=O)c3ccccc32)C(C(=O)Nc2ccc(N3CCOCC3)cc2)C2CC=CCC2)cc1. The topological polar surface area (TPSA) is 99.3 Å². The maximum absolute atomic E-state index is 14.3. The first-order valence-electron chi connectivity index (χ1n) is 15.6. The van der Waals surface area contributed by atoms with Gasteiger partial charge in [-0.3, -0.25) is 24.1 Å². The number of aryl methyl sites for hydroxylation is 1. The van der Waals surface area contributed by atoms with Gasteiger partial charge in [-0.2, -0.15) is 0 Å².